The number of hydrogen-bond donors (Lipinski definition) is 0. The van der Waals surface area contributed by atoms with Gasteiger partial charge in [0.05, 0.1) is 33.1 Å². The van der Waals surface area contributed by atoms with Gasteiger partial charge in [-0.15, -0.1) is 0 Å². The topological polar surface area (TPSA) is 51.6 Å². The fourth-order valence-corrected chi connectivity index (χ4v) is 2.97. The second-order valence-corrected chi connectivity index (χ2v) is 5.35. The largest absolute Gasteiger partial charge is 0.254 e. The third kappa shape index (κ3) is 1.70. The maximum absolute atomic E-state index is 13.5. The Labute approximate surface area is 129 Å². The zero-order valence-electron chi connectivity index (χ0n) is 11.9. The van der Waals surface area contributed by atoms with E-state index in [1.807, 2.05) is 24.3 Å². The van der Waals surface area contributed by atoms with Gasteiger partial charge in [0, 0.05) is 29.2 Å². The van der Waals surface area contributed by atoms with Gasteiger partial charge in [-0.25, -0.2) is 14.4 Å². The summed E-state index contributed by atoms with van der Waals surface area (Å²) < 4.78 is 13.5. The molecule has 3 aromatic heterocycles. The van der Waals surface area contributed by atoms with E-state index in [1.165, 1.54) is 12.1 Å². The molecule has 2 aromatic carbocycles. The van der Waals surface area contributed by atoms with Gasteiger partial charge in [0.15, 0.2) is 0 Å². The van der Waals surface area contributed by atoms with E-state index >= 15 is 0 Å². The molecule has 0 aliphatic heterocycles. The predicted molar refractivity (Wildman–Crippen MR) is 87.6 cm³/mol. The molecule has 0 aliphatic carbocycles. The zero-order chi connectivity index (χ0) is 15.4. The predicted octanol–water partition coefficient (Wildman–Crippen LogP) is 4.02. The molecule has 23 heavy (non-hydrogen) atoms. The highest BCUT2D eigenvalue weighted by Crippen LogP contribution is 2.31. The summed E-state index contributed by atoms with van der Waals surface area (Å²) in [6.07, 6.45) is 3.47. The fourth-order valence-electron chi connectivity index (χ4n) is 2.97. The summed E-state index contributed by atoms with van der Waals surface area (Å²) >= 11 is 0. The number of nitrogens with zero attached hydrogens (tertiary/aromatic N) is 4. The van der Waals surface area contributed by atoms with Crippen LogP contribution in [0.4, 0.5) is 4.39 Å². The van der Waals surface area contributed by atoms with Crippen LogP contribution < -0.4 is 0 Å². The highest BCUT2D eigenvalue weighted by atomic mass is 19.1. The van der Waals surface area contributed by atoms with E-state index in [4.69, 9.17) is 4.98 Å². The number of aromatic nitrogens is 4. The Hall–Kier alpha value is -3.21. The summed E-state index contributed by atoms with van der Waals surface area (Å²) in [4.78, 5) is 18.3. The number of benzene rings is 2. The highest BCUT2D eigenvalue weighted by molar-refractivity contribution is 6.21. The van der Waals surface area contributed by atoms with E-state index in [0.29, 0.717) is 16.6 Å². The molecule has 5 rings (SSSR count). The zero-order valence-corrected chi connectivity index (χ0v) is 11.9. The molecule has 5 aromatic rings. The summed E-state index contributed by atoms with van der Waals surface area (Å²) in [5.41, 5.74) is 4.24. The highest BCUT2D eigenvalue weighted by Gasteiger charge is 2.13. The Kier molecular flexibility index (Phi) is 2.36. The monoisotopic (exact) mass is 300 g/mol. The van der Waals surface area contributed by atoms with E-state index in [9.17, 15) is 4.39 Å². The van der Waals surface area contributed by atoms with Crippen LogP contribution in [0.5, 0.6) is 0 Å². The van der Waals surface area contributed by atoms with Crippen molar-refractivity contribution in [2.24, 2.45) is 0 Å². The third-order valence-corrected chi connectivity index (χ3v) is 3.98. The average molecular weight is 300 g/mol. The number of fused-ring (bicyclic) bond motifs is 7. The summed E-state index contributed by atoms with van der Waals surface area (Å²) in [5.74, 6) is -0.323. The minimum atomic E-state index is -0.323. The minimum Gasteiger partial charge on any atom is -0.254 e. The lowest BCUT2D eigenvalue weighted by atomic mass is 10.1. The van der Waals surface area contributed by atoms with Crippen LogP contribution in [-0.2, 0) is 0 Å². The van der Waals surface area contributed by atoms with Gasteiger partial charge in [-0.05, 0) is 36.4 Å². The van der Waals surface area contributed by atoms with Crippen LogP contribution in [0.1, 0.15) is 0 Å². The summed E-state index contributed by atoms with van der Waals surface area (Å²) in [6, 6.07) is 12.1. The van der Waals surface area contributed by atoms with Crippen LogP contribution >= 0.6 is 0 Å². The molecule has 0 atom stereocenters. The van der Waals surface area contributed by atoms with Crippen LogP contribution in [-0.4, -0.2) is 19.9 Å². The van der Waals surface area contributed by atoms with E-state index in [1.54, 1.807) is 18.5 Å². The van der Waals surface area contributed by atoms with Crippen LogP contribution in [0.2, 0.25) is 0 Å². The van der Waals surface area contributed by atoms with Gasteiger partial charge < -0.3 is 0 Å². The fraction of sp³-hybridized carbons (Fsp3) is 0. The van der Waals surface area contributed by atoms with Crippen molar-refractivity contribution < 1.29 is 4.39 Å². The molecule has 0 radical (unpaired) electrons. The molecule has 0 bridgehead atoms. The van der Waals surface area contributed by atoms with E-state index in [2.05, 4.69) is 15.0 Å². The van der Waals surface area contributed by atoms with Crippen molar-refractivity contribution in [1.82, 2.24) is 19.9 Å². The third-order valence-electron chi connectivity index (χ3n) is 3.98. The van der Waals surface area contributed by atoms with E-state index < -0.39 is 0 Å². The van der Waals surface area contributed by atoms with Crippen LogP contribution in [0.15, 0.2) is 54.9 Å². The van der Waals surface area contributed by atoms with Gasteiger partial charge in [-0.2, -0.15) is 0 Å². The van der Waals surface area contributed by atoms with Crippen molar-refractivity contribution >= 4 is 43.9 Å². The molecule has 108 valence electrons. The van der Waals surface area contributed by atoms with Gasteiger partial charge in [0.1, 0.15) is 5.82 Å². The summed E-state index contributed by atoms with van der Waals surface area (Å²) in [6.45, 7) is 0. The molecular weight excluding hydrogens is 291 g/mol. The van der Waals surface area contributed by atoms with Gasteiger partial charge in [0.25, 0.3) is 0 Å². The van der Waals surface area contributed by atoms with Crippen molar-refractivity contribution in [1.29, 1.82) is 0 Å². The Bertz CT molecular complexity index is 1230. The molecule has 3 heterocycles. The lowest BCUT2D eigenvalue weighted by Crippen LogP contribution is -1.94. The van der Waals surface area contributed by atoms with Gasteiger partial charge in [-0.1, -0.05) is 0 Å². The molecule has 0 amide bonds. The number of pyridine rings is 2. The maximum atomic E-state index is 13.5. The minimum absolute atomic E-state index is 0.323. The molecule has 0 unspecified atom stereocenters. The van der Waals surface area contributed by atoms with Crippen molar-refractivity contribution in [3.8, 4) is 0 Å². The van der Waals surface area contributed by atoms with Gasteiger partial charge >= 0.3 is 0 Å². The second kappa shape index (κ2) is 4.39. The second-order valence-electron chi connectivity index (χ2n) is 5.35. The summed E-state index contributed by atoms with van der Waals surface area (Å²) in [5, 5.41) is 1.76. The van der Waals surface area contributed by atoms with Crippen molar-refractivity contribution in [3.63, 3.8) is 0 Å². The molecule has 0 saturated heterocycles. The van der Waals surface area contributed by atoms with E-state index in [-0.39, 0.29) is 5.82 Å². The standard InChI is InChI=1S/C18H9FN4/c19-10-5-6-13-14(9-10)23-18-12-4-2-8-21-16(12)15-11(17(18)22-13)3-1-7-20-15/h1-9H. The number of rotatable bonds is 0. The molecule has 0 N–H and O–H groups in total. The smallest absolute Gasteiger partial charge is 0.125 e. The Morgan fingerprint density at radius 2 is 1.26 bits per heavy atom. The Balaban J connectivity index is 2.14. The van der Waals surface area contributed by atoms with Crippen LogP contribution in [0.25, 0.3) is 43.9 Å². The van der Waals surface area contributed by atoms with Crippen LogP contribution in [0.3, 0.4) is 0 Å². The van der Waals surface area contributed by atoms with Crippen molar-refractivity contribution in [2.45, 2.75) is 0 Å². The first-order valence-corrected chi connectivity index (χ1v) is 7.20. The molecule has 0 spiro atoms. The van der Waals surface area contributed by atoms with E-state index in [0.717, 1.165) is 27.3 Å². The molecule has 5 heteroatoms. The first-order valence-electron chi connectivity index (χ1n) is 7.20. The Morgan fingerprint density at radius 3 is 1.91 bits per heavy atom. The van der Waals surface area contributed by atoms with Crippen molar-refractivity contribution in [3.05, 3.63) is 60.7 Å². The van der Waals surface area contributed by atoms with Crippen molar-refractivity contribution in [2.75, 3.05) is 0 Å². The molecular formula is C18H9FN4. The quantitative estimate of drug-likeness (QED) is 0.320. The SMILES string of the molecule is Fc1ccc2nc3c4cccnc4c4ncccc4c3nc2c1. The van der Waals surface area contributed by atoms with Gasteiger partial charge in [0.2, 0.25) is 0 Å². The average Bonchev–Trinajstić information content (AvgIpc) is 2.60. The first kappa shape index (κ1) is 12.3. The first-order chi connectivity index (χ1) is 11.3. The van der Waals surface area contributed by atoms with Crippen LogP contribution in [0, 0.1) is 5.82 Å². The maximum Gasteiger partial charge on any atom is 0.125 e. The normalized spacial score (nSPS) is 11.7. The molecule has 4 nitrogen and oxygen atoms in total. The molecule has 0 saturated carbocycles. The number of hydrogen-bond acceptors (Lipinski definition) is 4. The lowest BCUT2D eigenvalue weighted by molar-refractivity contribution is 0.629. The molecule has 0 aliphatic rings. The van der Waals surface area contributed by atoms with Gasteiger partial charge in [-0.3, -0.25) is 9.97 Å². The summed E-state index contributed by atoms with van der Waals surface area (Å²) in [7, 11) is 0. The number of halogens is 1. The lowest BCUT2D eigenvalue weighted by Gasteiger charge is -2.08. The molecule has 0 fully saturated rings. The Morgan fingerprint density at radius 1 is 0.652 bits per heavy atom.